The number of hydrogen-bond donors (Lipinski definition) is 1. The maximum atomic E-state index is 12.7. The van der Waals surface area contributed by atoms with Crippen molar-refractivity contribution < 1.29 is 9.18 Å². The van der Waals surface area contributed by atoms with Crippen molar-refractivity contribution in [2.75, 3.05) is 0 Å². The van der Waals surface area contributed by atoms with Gasteiger partial charge in [-0.2, -0.15) is 5.10 Å². The molecule has 1 N–H and O–H groups in total. The Morgan fingerprint density at radius 2 is 1.80 bits per heavy atom. The van der Waals surface area contributed by atoms with Crippen LogP contribution in [0.15, 0.2) is 59.7 Å². The molecule has 0 aliphatic heterocycles. The molecule has 102 valence electrons. The van der Waals surface area contributed by atoms with Crippen LogP contribution in [0.3, 0.4) is 0 Å². The van der Waals surface area contributed by atoms with Gasteiger partial charge >= 0.3 is 0 Å². The van der Waals surface area contributed by atoms with Crippen LogP contribution in [-0.2, 0) is 11.2 Å². The third-order valence-corrected chi connectivity index (χ3v) is 2.76. The van der Waals surface area contributed by atoms with Gasteiger partial charge in [-0.15, -0.1) is 0 Å². The van der Waals surface area contributed by atoms with Crippen molar-refractivity contribution in [2.45, 2.75) is 12.8 Å². The number of halogens is 1. The second kappa shape index (κ2) is 7.19. The predicted octanol–water partition coefficient (Wildman–Crippen LogP) is 2.91. The highest BCUT2D eigenvalue weighted by molar-refractivity contribution is 5.82. The molecule has 2 aromatic carbocycles. The molecule has 4 heteroatoms. The highest BCUT2D eigenvalue weighted by Gasteiger charge is 2.00. The molecule has 0 aliphatic carbocycles. The topological polar surface area (TPSA) is 41.5 Å². The van der Waals surface area contributed by atoms with Crippen molar-refractivity contribution in [3.63, 3.8) is 0 Å². The molecule has 2 rings (SSSR count). The SMILES string of the molecule is O=C(CCc1ccccc1)N/N=C/c1ccc(F)cc1. The molecule has 0 spiro atoms. The van der Waals surface area contributed by atoms with Crippen molar-refractivity contribution >= 4 is 12.1 Å². The first kappa shape index (κ1) is 13.9. The second-order valence-electron chi connectivity index (χ2n) is 4.33. The fourth-order valence-electron chi connectivity index (χ4n) is 1.69. The molecule has 0 aliphatic rings. The van der Waals surface area contributed by atoms with Crippen LogP contribution in [0.5, 0.6) is 0 Å². The van der Waals surface area contributed by atoms with E-state index in [2.05, 4.69) is 10.5 Å². The summed E-state index contributed by atoms with van der Waals surface area (Å²) in [7, 11) is 0. The van der Waals surface area contributed by atoms with Crippen LogP contribution in [0.1, 0.15) is 17.5 Å². The lowest BCUT2D eigenvalue weighted by Gasteiger charge is -2.00. The summed E-state index contributed by atoms with van der Waals surface area (Å²) in [6.07, 6.45) is 2.55. The van der Waals surface area contributed by atoms with Crippen LogP contribution < -0.4 is 5.43 Å². The molecule has 0 fully saturated rings. The van der Waals surface area contributed by atoms with Gasteiger partial charge in [0, 0.05) is 6.42 Å². The zero-order chi connectivity index (χ0) is 14.2. The molecule has 3 nitrogen and oxygen atoms in total. The third kappa shape index (κ3) is 4.65. The van der Waals surface area contributed by atoms with Crippen molar-refractivity contribution in [1.29, 1.82) is 0 Å². The number of hydrazone groups is 1. The monoisotopic (exact) mass is 270 g/mol. The smallest absolute Gasteiger partial charge is 0.240 e. The maximum absolute atomic E-state index is 12.7. The zero-order valence-corrected chi connectivity index (χ0v) is 10.9. The Balaban J connectivity index is 1.76. The average Bonchev–Trinajstić information content (AvgIpc) is 2.48. The first-order valence-corrected chi connectivity index (χ1v) is 6.35. The summed E-state index contributed by atoms with van der Waals surface area (Å²) in [5.41, 5.74) is 4.30. The fraction of sp³-hybridized carbons (Fsp3) is 0.125. The number of nitrogens with zero attached hydrogens (tertiary/aromatic N) is 1. The molecule has 20 heavy (non-hydrogen) atoms. The van der Waals surface area contributed by atoms with Gasteiger partial charge in [0.15, 0.2) is 0 Å². The van der Waals surface area contributed by atoms with Gasteiger partial charge in [0.25, 0.3) is 0 Å². The van der Waals surface area contributed by atoms with Crippen molar-refractivity contribution in [3.8, 4) is 0 Å². The van der Waals surface area contributed by atoms with Crippen molar-refractivity contribution in [3.05, 3.63) is 71.5 Å². The standard InChI is InChI=1S/C16H15FN2O/c17-15-9-6-14(7-10-15)12-18-19-16(20)11-8-13-4-2-1-3-5-13/h1-7,9-10,12H,8,11H2,(H,19,20)/b18-12+. The summed E-state index contributed by atoms with van der Waals surface area (Å²) < 4.78 is 12.7. The van der Waals surface area contributed by atoms with E-state index < -0.39 is 0 Å². The molecular formula is C16H15FN2O. The average molecular weight is 270 g/mol. The maximum Gasteiger partial charge on any atom is 0.240 e. The Labute approximate surface area is 117 Å². The molecule has 0 bridgehead atoms. The summed E-state index contributed by atoms with van der Waals surface area (Å²) in [6, 6.07) is 15.7. The Bertz CT molecular complexity index is 579. The zero-order valence-electron chi connectivity index (χ0n) is 10.9. The van der Waals surface area contributed by atoms with Gasteiger partial charge < -0.3 is 0 Å². The van der Waals surface area contributed by atoms with Gasteiger partial charge in [0.05, 0.1) is 6.21 Å². The number of carbonyl (C=O) groups excluding carboxylic acids is 1. The van der Waals surface area contributed by atoms with E-state index in [1.807, 2.05) is 30.3 Å². The number of benzene rings is 2. The van der Waals surface area contributed by atoms with Gasteiger partial charge in [0.1, 0.15) is 5.82 Å². The third-order valence-electron chi connectivity index (χ3n) is 2.76. The first-order valence-electron chi connectivity index (χ1n) is 6.35. The summed E-state index contributed by atoms with van der Waals surface area (Å²) in [5, 5.41) is 3.84. The number of rotatable bonds is 5. The highest BCUT2D eigenvalue weighted by atomic mass is 19.1. The molecule has 0 saturated heterocycles. The van der Waals surface area contributed by atoms with Gasteiger partial charge in [-0.1, -0.05) is 42.5 Å². The van der Waals surface area contributed by atoms with Gasteiger partial charge in [0.2, 0.25) is 5.91 Å². The minimum absolute atomic E-state index is 0.146. The normalized spacial score (nSPS) is 10.7. The minimum atomic E-state index is -0.297. The molecule has 0 saturated carbocycles. The minimum Gasteiger partial charge on any atom is -0.273 e. The van der Waals surface area contributed by atoms with Gasteiger partial charge in [-0.25, -0.2) is 9.82 Å². The quantitative estimate of drug-likeness (QED) is 0.658. The Morgan fingerprint density at radius 1 is 1.10 bits per heavy atom. The largest absolute Gasteiger partial charge is 0.273 e. The lowest BCUT2D eigenvalue weighted by Crippen LogP contribution is -2.17. The highest BCUT2D eigenvalue weighted by Crippen LogP contribution is 2.02. The number of aryl methyl sites for hydroxylation is 1. The van der Waals surface area contributed by atoms with Crippen LogP contribution >= 0.6 is 0 Å². The van der Waals surface area contributed by atoms with Gasteiger partial charge in [-0.05, 0) is 29.7 Å². The molecule has 0 atom stereocenters. The number of nitrogens with one attached hydrogen (secondary N) is 1. The Hall–Kier alpha value is -2.49. The predicted molar refractivity (Wildman–Crippen MR) is 76.9 cm³/mol. The fourth-order valence-corrected chi connectivity index (χ4v) is 1.69. The lowest BCUT2D eigenvalue weighted by molar-refractivity contribution is -0.121. The molecule has 0 aromatic heterocycles. The van der Waals surface area contributed by atoms with E-state index in [1.165, 1.54) is 18.3 Å². The Kier molecular flexibility index (Phi) is 5.00. The van der Waals surface area contributed by atoms with Crippen LogP contribution in [0.2, 0.25) is 0 Å². The Morgan fingerprint density at radius 3 is 2.50 bits per heavy atom. The van der Waals surface area contributed by atoms with E-state index in [1.54, 1.807) is 12.1 Å². The first-order chi connectivity index (χ1) is 9.74. The van der Waals surface area contributed by atoms with Crippen LogP contribution in [0.25, 0.3) is 0 Å². The van der Waals surface area contributed by atoms with E-state index in [9.17, 15) is 9.18 Å². The van der Waals surface area contributed by atoms with Gasteiger partial charge in [-0.3, -0.25) is 4.79 Å². The molecule has 0 radical (unpaired) electrons. The number of carbonyl (C=O) groups is 1. The number of amides is 1. The van der Waals surface area contributed by atoms with Crippen LogP contribution in [-0.4, -0.2) is 12.1 Å². The molecule has 0 heterocycles. The number of hydrogen-bond acceptors (Lipinski definition) is 2. The van der Waals surface area contributed by atoms with Crippen LogP contribution in [0, 0.1) is 5.82 Å². The van der Waals surface area contributed by atoms with Crippen LogP contribution in [0.4, 0.5) is 4.39 Å². The van der Waals surface area contributed by atoms with E-state index >= 15 is 0 Å². The summed E-state index contributed by atoms with van der Waals surface area (Å²) in [5.74, 6) is -0.443. The van der Waals surface area contributed by atoms with E-state index in [0.717, 1.165) is 11.1 Å². The van der Waals surface area contributed by atoms with E-state index in [4.69, 9.17) is 0 Å². The lowest BCUT2D eigenvalue weighted by atomic mass is 10.1. The molecule has 1 amide bonds. The van der Waals surface area contributed by atoms with Crippen molar-refractivity contribution in [2.24, 2.45) is 5.10 Å². The van der Waals surface area contributed by atoms with E-state index in [0.29, 0.717) is 12.8 Å². The molecule has 2 aromatic rings. The molecular weight excluding hydrogens is 255 g/mol. The summed E-state index contributed by atoms with van der Waals surface area (Å²) in [4.78, 5) is 11.6. The second-order valence-corrected chi connectivity index (χ2v) is 4.33. The molecule has 0 unspecified atom stereocenters. The van der Waals surface area contributed by atoms with Crippen molar-refractivity contribution in [1.82, 2.24) is 5.43 Å². The van der Waals surface area contributed by atoms with E-state index in [-0.39, 0.29) is 11.7 Å². The summed E-state index contributed by atoms with van der Waals surface area (Å²) >= 11 is 0. The summed E-state index contributed by atoms with van der Waals surface area (Å²) in [6.45, 7) is 0.